The minimum absolute atomic E-state index is 0.0450. The van der Waals surface area contributed by atoms with Crippen LogP contribution in [-0.2, 0) is 9.53 Å². The van der Waals surface area contributed by atoms with E-state index in [-0.39, 0.29) is 17.0 Å². The number of β-lactam (4-membered cyclic amide) rings is 1. The smallest absolute Gasteiger partial charge is 0.222 e. The van der Waals surface area contributed by atoms with Crippen molar-refractivity contribution in [1.29, 1.82) is 0 Å². The average molecular weight is 171 g/mol. The van der Waals surface area contributed by atoms with Crippen LogP contribution in [-0.4, -0.2) is 24.2 Å². The maximum Gasteiger partial charge on any atom is 0.222 e. The van der Waals surface area contributed by atoms with Gasteiger partial charge in [0, 0.05) is 19.1 Å². The third-order valence-electron chi connectivity index (χ3n) is 2.36. The molecule has 0 bridgehead atoms. The molecule has 0 aromatic rings. The van der Waals surface area contributed by atoms with Crippen molar-refractivity contribution in [2.45, 2.75) is 44.8 Å². The van der Waals surface area contributed by atoms with Crippen molar-refractivity contribution in [1.82, 2.24) is 5.32 Å². The summed E-state index contributed by atoms with van der Waals surface area (Å²) >= 11 is 0. The summed E-state index contributed by atoms with van der Waals surface area (Å²) in [7, 11) is 1.70. The second-order valence-electron chi connectivity index (χ2n) is 4.43. The van der Waals surface area contributed by atoms with Gasteiger partial charge in [-0.15, -0.1) is 0 Å². The lowest BCUT2D eigenvalue weighted by molar-refractivity contribution is -0.134. The van der Waals surface area contributed by atoms with Crippen LogP contribution in [0.1, 0.15) is 33.6 Å². The normalized spacial score (nSPS) is 29.5. The Balaban J connectivity index is 2.46. The highest BCUT2D eigenvalue weighted by Gasteiger charge is 2.42. The average Bonchev–Trinajstić information content (AvgIpc) is 1.83. The van der Waals surface area contributed by atoms with Crippen LogP contribution >= 0.6 is 0 Å². The zero-order valence-corrected chi connectivity index (χ0v) is 8.23. The molecule has 0 spiro atoms. The molecular weight excluding hydrogens is 154 g/mol. The highest BCUT2D eigenvalue weighted by molar-refractivity contribution is 5.84. The molecule has 1 unspecified atom stereocenters. The highest BCUT2D eigenvalue weighted by Crippen LogP contribution is 2.30. The summed E-state index contributed by atoms with van der Waals surface area (Å²) in [5.41, 5.74) is -0.195. The van der Waals surface area contributed by atoms with E-state index in [0.29, 0.717) is 6.42 Å². The minimum Gasteiger partial charge on any atom is -0.379 e. The van der Waals surface area contributed by atoms with Crippen molar-refractivity contribution in [3.63, 3.8) is 0 Å². The van der Waals surface area contributed by atoms with Gasteiger partial charge >= 0.3 is 0 Å². The molecule has 1 N–H and O–H groups in total. The van der Waals surface area contributed by atoms with Gasteiger partial charge in [-0.3, -0.25) is 4.79 Å². The Morgan fingerprint density at radius 3 is 2.50 bits per heavy atom. The molecule has 12 heavy (non-hydrogen) atoms. The van der Waals surface area contributed by atoms with Gasteiger partial charge in [-0.1, -0.05) is 0 Å². The first-order chi connectivity index (χ1) is 5.37. The topological polar surface area (TPSA) is 38.3 Å². The summed E-state index contributed by atoms with van der Waals surface area (Å²) in [4.78, 5) is 10.7. The molecule has 0 saturated carbocycles. The van der Waals surface area contributed by atoms with Crippen LogP contribution < -0.4 is 5.32 Å². The van der Waals surface area contributed by atoms with Crippen molar-refractivity contribution in [3.05, 3.63) is 0 Å². The fourth-order valence-electron chi connectivity index (χ4n) is 1.79. The first-order valence-electron chi connectivity index (χ1n) is 4.23. The predicted octanol–water partition coefficient (Wildman–Crippen LogP) is 1.08. The zero-order valence-electron chi connectivity index (χ0n) is 8.23. The molecule has 1 aliphatic rings. The van der Waals surface area contributed by atoms with E-state index in [9.17, 15) is 4.79 Å². The number of rotatable bonds is 3. The molecule has 0 aliphatic carbocycles. The largest absolute Gasteiger partial charge is 0.379 e. The van der Waals surface area contributed by atoms with Crippen LogP contribution in [0.15, 0.2) is 0 Å². The van der Waals surface area contributed by atoms with E-state index in [2.05, 4.69) is 12.2 Å². The third kappa shape index (κ3) is 1.97. The van der Waals surface area contributed by atoms with Crippen molar-refractivity contribution in [2.75, 3.05) is 7.11 Å². The standard InChI is InChI=1S/C9H17NO2/c1-8(2,12-4)6-9(3)5-7(11)10-9/h5-6H2,1-4H3,(H,10,11). The second-order valence-corrected chi connectivity index (χ2v) is 4.43. The van der Waals surface area contributed by atoms with Gasteiger partial charge in [0.25, 0.3) is 0 Å². The van der Waals surface area contributed by atoms with E-state index in [4.69, 9.17) is 4.74 Å². The Labute approximate surface area is 73.5 Å². The van der Waals surface area contributed by atoms with Gasteiger partial charge in [-0.2, -0.15) is 0 Å². The molecule has 1 rings (SSSR count). The first-order valence-corrected chi connectivity index (χ1v) is 4.23. The van der Waals surface area contributed by atoms with Crippen molar-refractivity contribution < 1.29 is 9.53 Å². The molecular formula is C9H17NO2. The van der Waals surface area contributed by atoms with Gasteiger partial charge < -0.3 is 10.1 Å². The van der Waals surface area contributed by atoms with Gasteiger partial charge in [0.05, 0.1) is 5.60 Å². The maximum atomic E-state index is 10.7. The van der Waals surface area contributed by atoms with Crippen LogP contribution in [0.3, 0.4) is 0 Å². The highest BCUT2D eigenvalue weighted by atomic mass is 16.5. The summed E-state index contributed by atoms with van der Waals surface area (Å²) in [5, 5.41) is 2.89. The number of carbonyl (C=O) groups excluding carboxylic acids is 1. The molecule has 3 nitrogen and oxygen atoms in total. The summed E-state index contributed by atoms with van der Waals surface area (Å²) in [6.45, 7) is 6.11. The van der Waals surface area contributed by atoms with Gasteiger partial charge in [0.2, 0.25) is 5.91 Å². The maximum absolute atomic E-state index is 10.7. The van der Waals surface area contributed by atoms with Gasteiger partial charge in [-0.25, -0.2) is 0 Å². The number of ether oxygens (including phenoxy) is 1. The molecule has 70 valence electrons. The Hall–Kier alpha value is -0.570. The SMILES string of the molecule is COC(C)(C)CC1(C)CC(=O)N1. The Kier molecular flexibility index (Phi) is 2.17. The van der Waals surface area contributed by atoms with Gasteiger partial charge in [0.1, 0.15) is 0 Å². The Morgan fingerprint density at radius 2 is 2.17 bits per heavy atom. The fraction of sp³-hybridized carbons (Fsp3) is 0.889. The summed E-state index contributed by atoms with van der Waals surface area (Å²) in [5.74, 6) is 0.143. The van der Waals surface area contributed by atoms with E-state index >= 15 is 0 Å². The second kappa shape index (κ2) is 2.73. The van der Waals surface area contributed by atoms with Gasteiger partial charge in [-0.05, 0) is 27.2 Å². The molecule has 0 radical (unpaired) electrons. The third-order valence-corrected chi connectivity index (χ3v) is 2.36. The van der Waals surface area contributed by atoms with Crippen LogP contribution in [0.2, 0.25) is 0 Å². The fourth-order valence-corrected chi connectivity index (χ4v) is 1.79. The van der Waals surface area contributed by atoms with Gasteiger partial charge in [0.15, 0.2) is 0 Å². The van der Waals surface area contributed by atoms with E-state index < -0.39 is 0 Å². The lowest BCUT2D eigenvalue weighted by atomic mass is 9.80. The number of nitrogens with one attached hydrogen (secondary N) is 1. The molecule has 1 aliphatic heterocycles. The molecule has 1 heterocycles. The number of hydrogen-bond donors (Lipinski definition) is 1. The number of amides is 1. The zero-order chi connectivity index (χ0) is 9.41. The van der Waals surface area contributed by atoms with Crippen LogP contribution in [0.25, 0.3) is 0 Å². The number of hydrogen-bond acceptors (Lipinski definition) is 2. The molecule has 3 heteroatoms. The van der Waals surface area contributed by atoms with Crippen LogP contribution in [0.5, 0.6) is 0 Å². The van der Waals surface area contributed by atoms with E-state index in [1.807, 2.05) is 13.8 Å². The van der Waals surface area contributed by atoms with Crippen LogP contribution in [0.4, 0.5) is 0 Å². The molecule has 0 aromatic carbocycles. The van der Waals surface area contributed by atoms with Crippen molar-refractivity contribution in [2.24, 2.45) is 0 Å². The molecule has 1 fully saturated rings. The first kappa shape index (κ1) is 9.52. The lowest BCUT2D eigenvalue weighted by Gasteiger charge is -2.43. The summed E-state index contributed by atoms with van der Waals surface area (Å²) < 4.78 is 5.29. The quantitative estimate of drug-likeness (QED) is 0.645. The number of carbonyl (C=O) groups is 1. The Bertz CT molecular complexity index is 191. The van der Waals surface area contributed by atoms with E-state index in [0.717, 1.165) is 6.42 Å². The van der Waals surface area contributed by atoms with Crippen molar-refractivity contribution in [3.8, 4) is 0 Å². The molecule has 1 amide bonds. The molecule has 1 atom stereocenters. The van der Waals surface area contributed by atoms with E-state index in [1.54, 1.807) is 7.11 Å². The monoisotopic (exact) mass is 171 g/mol. The minimum atomic E-state index is -0.150. The Morgan fingerprint density at radius 1 is 1.67 bits per heavy atom. The molecule has 0 aromatic heterocycles. The van der Waals surface area contributed by atoms with Crippen LogP contribution in [0, 0.1) is 0 Å². The van der Waals surface area contributed by atoms with Crippen molar-refractivity contribution >= 4 is 5.91 Å². The molecule has 1 saturated heterocycles. The lowest BCUT2D eigenvalue weighted by Crippen LogP contribution is -2.61. The number of methoxy groups -OCH3 is 1. The summed E-state index contributed by atoms with van der Waals surface area (Å²) in [6.07, 6.45) is 1.49. The summed E-state index contributed by atoms with van der Waals surface area (Å²) in [6, 6.07) is 0. The van der Waals surface area contributed by atoms with E-state index in [1.165, 1.54) is 0 Å². The predicted molar refractivity (Wildman–Crippen MR) is 46.9 cm³/mol.